The molecular formula is C12H15N3O3. The van der Waals surface area contributed by atoms with Crippen molar-refractivity contribution in [3.05, 3.63) is 33.9 Å². The Balaban J connectivity index is 3.17. The van der Waals surface area contributed by atoms with E-state index in [1.54, 1.807) is 6.92 Å². The van der Waals surface area contributed by atoms with E-state index in [-0.39, 0.29) is 17.9 Å². The van der Waals surface area contributed by atoms with E-state index in [1.807, 2.05) is 13.0 Å². The van der Waals surface area contributed by atoms with Gasteiger partial charge in [0.2, 0.25) is 0 Å². The molecule has 2 N–H and O–H groups in total. The Morgan fingerprint density at radius 2 is 2.28 bits per heavy atom. The summed E-state index contributed by atoms with van der Waals surface area (Å²) in [5.74, 6) is 0. The molecule has 6 nitrogen and oxygen atoms in total. The lowest BCUT2D eigenvalue weighted by atomic mass is 9.99. The van der Waals surface area contributed by atoms with Gasteiger partial charge in [-0.05, 0) is 25.5 Å². The first-order chi connectivity index (χ1) is 8.45. The molecule has 0 radical (unpaired) electrons. The molecule has 96 valence electrons. The second kappa shape index (κ2) is 5.47. The van der Waals surface area contributed by atoms with Crippen LogP contribution in [0.5, 0.6) is 0 Å². The van der Waals surface area contributed by atoms with Crippen molar-refractivity contribution in [3.63, 3.8) is 0 Å². The maximum Gasteiger partial charge on any atom is 0.293 e. The minimum Gasteiger partial charge on any atom is -0.394 e. The molecule has 1 unspecified atom stereocenters. The van der Waals surface area contributed by atoms with E-state index in [1.165, 1.54) is 18.2 Å². The van der Waals surface area contributed by atoms with Gasteiger partial charge in [-0.2, -0.15) is 5.26 Å². The second-order valence-corrected chi connectivity index (χ2v) is 4.30. The van der Waals surface area contributed by atoms with Gasteiger partial charge < -0.3 is 10.4 Å². The zero-order chi connectivity index (χ0) is 13.8. The van der Waals surface area contributed by atoms with Gasteiger partial charge in [-0.1, -0.05) is 6.92 Å². The van der Waals surface area contributed by atoms with Crippen LogP contribution in [0, 0.1) is 21.4 Å². The molecule has 0 fully saturated rings. The third-order valence-corrected chi connectivity index (χ3v) is 2.89. The number of aliphatic hydroxyl groups is 1. The number of nitrogens with one attached hydrogen (secondary N) is 1. The van der Waals surface area contributed by atoms with Gasteiger partial charge in [-0.25, -0.2) is 0 Å². The van der Waals surface area contributed by atoms with Crippen LogP contribution in [0.1, 0.15) is 25.8 Å². The van der Waals surface area contributed by atoms with Crippen molar-refractivity contribution in [2.24, 2.45) is 0 Å². The molecule has 0 bridgehead atoms. The van der Waals surface area contributed by atoms with E-state index in [9.17, 15) is 15.2 Å². The molecule has 0 aliphatic heterocycles. The Kier molecular flexibility index (Phi) is 4.23. The number of aliphatic hydroxyl groups excluding tert-OH is 1. The molecule has 0 saturated heterocycles. The van der Waals surface area contributed by atoms with Crippen LogP contribution in [-0.2, 0) is 0 Å². The smallest absolute Gasteiger partial charge is 0.293 e. The van der Waals surface area contributed by atoms with Gasteiger partial charge in [0.15, 0.2) is 0 Å². The van der Waals surface area contributed by atoms with E-state index < -0.39 is 10.5 Å². The molecule has 1 atom stereocenters. The summed E-state index contributed by atoms with van der Waals surface area (Å²) in [6.45, 7) is 3.51. The summed E-state index contributed by atoms with van der Waals surface area (Å²) < 4.78 is 0. The topological polar surface area (TPSA) is 99.2 Å². The van der Waals surface area contributed by atoms with Crippen molar-refractivity contribution < 1.29 is 10.0 Å². The minimum atomic E-state index is -0.626. The summed E-state index contributed by atoms with van der Waals surface area (Å²) in [4.78, 5) is 10.4. The van der Waals surface area contributed by atoms with Crippen molar-refractivity contribution >= 4 is 11.4 Å². The van der Waals surface area contributed by atoms with Crippen molar-refractivity contribution in [2.45, 2.75) is 25.8 Å². The molecule has 18 heavy (non-hydrogen) atoms. The fraction of sp³-hybridized carbons (Fsp3) is 0.417. The fourth-order valence-electron chi connectivity index (χ4n) is 1.42. The van der Waals surface area contributed by atoms with Crippen LogP contribution in [0.15, 0.2) is 18.2 Å². The number of benzene rings is 1. The maximum absolute atomic E-state index is 10.9. The van der Waals surface area contributed by atoms with Crippen LogP contribution in [0.2, 0.25) is 0 Å². The molecule has 0 aliphatic carbocycles. The van der Waals surface area contributed by atoms with E-state index in [2.05, 4.69) is 5.32 Å². The summed E-state index contributed by atoms with van der Waals surface area (Å²) >= 11 is 0. The predicted octanol–water partition coefficient (Wildman–Crippen LogP) is 2.04. The van der Waals surface area contributed by atoms with Gasteiger partial charge in [-0.15, -0.1) is 0 Å². The molecule has 1 aromatic carbocycles. The maximum atomic E-state index is 10.9. The Hall–Kier alpha value is -2.13. The Labute approximate surface area is 105 Å². The van der Waals surface area contributed by atoms with Crippen LogP contribution in [0.3, 0.4) is 0 Å². The monoisotopic (exact) mass is 249 g/mol. The van der Waals surface area contributed by atoms with Crippen LogP contribution in [-0.4, -0.2) is 22.2 Å². The third-order valence-electron chi connectivity index (χ3n) is 2.89. The number of nitriles is 1. The highest BCUT2D eigenvalue weighted by Gasteiger charge is 2.24. The molecule has 0 aliphatic rings. The standard InChI is InChI=1S/C12H15N3O3/c1-3-12(2,8-16)14-10-5-4-9(7-13)6-11(10)15(17)18/h4-6,14,16H,3,8H2,1-2H3. The summed E-state index contributed by atoms with van der Waals surface area (Å²) in [7, 11) is 0. The zero-order valence-corrected chi connectivity index (χ0v) is 10.3. The first kappa shape index (κ1) is 13.9. The largest absolute Gasteiger partial charge is 0.394 e. The number of nitro groups is 1. The molecular weight excluding hydrogens is 234 g/mol. The molecule has 0 spiro atoms. The van der Waals surface area contributed by atoms with Crippen LogP contribution in [0.4, 0.5) is 11.4 Å². The van der Waals surface area contributed by atoms with E-state index in [4.69, 9.17) is 5.26 Å². The molecule has 0 aromatic heterocycles. The van der Waals surface area contributed by atoms with Crippen molar-refractivity contribution in [3.8, 4) is 6.07 Å². The Bertz CT molecular complexity index is 490. The molecule has 1 rings (SSSR count). The Morgan fingerprint density at radius 1 is 1.61 bits per heavy atom. The van der Waals surface area contributed by atoms with Gasteiger partial charge in [0.25, 0.3) is 5.69 Å². The minimum absolute atomic E-state index is 0.138. The number of nitrogens with zero attached hydrogens (tertiary/aromatic N) is 2. The number of rotatable bonds is 5. The average Bonchev–Trinajstić information content (AvgIpc) is 2.38. The van der Waals surface area contributed by atoms with Gasteiger partial charge in [0, 0.05) is 6.07 Å². The first-order valence-electron chi connectivity index (χ1n) is 5.53. The number of nitro benzene ring substituents is 1. The number of anilines is 1. The highest BCUT2D eigenvalue weighted by atomic mass is 16.6. The van der Waals surface area contributed by atoms with Gasteiger partial charge in [0.1, 0.15) is 5.69 Å². The van der Waals surface area contributed by atoms with Crippen molar-refractivity contribution in [2.75, 3.05) is 11.9 Å². The number of hydrogen-bond donors (Lipinski definition) is 2. The lowest BCUT2D eigenvalue weighted by molar-refractivity contribution is -0.384. The van der Waals surface area contributed by atoms with E-state index >= 15 is 0 Å². The first-order valence-corrected chi connectivity index (χ1v) is 5.53. The lowest BCUT2D eigenvalue weighted by Crippen LogP contribution is -2.38. The zero-order valence-electron chi connectivity index (χ0n) is 10.3. The SMILES string of the molecule is CCC(C)(CO)Nc1ccc(C#N)cc1[N+](=O)[O-]. The quantitative estimate of drug-likeness (QED) is 0.614. The molecule has 6 heteroatoms. The summed E-state index contributed by atoms with van der Waals surface area (Å²) in [5, 5.41) is 31.9. The molecule has 1 aromatic rings. The van der Waals surface area contributed by atoms with Crippen LogP contribution in [0.25, 0.3) is 0 Å². The fourth-order valence-corrected chi connectivity index (χ4v) is 1.42. The molecule has 0 amide bonds. The highest BCUT2D eigenvalue weighted by molar-refractivity contribution is 5.65. The third kappa shape index (κ3) is 2.96. The average molecular weight is 249 g/mol. The summed E-state index contributed by atoms with van der Waals surface area (Å²) in [5.41, 5.74) is -0.257. The van der Waals surface area contributed by atoms with E-state index in [0.717, 1.165) is 0 Å². The highest BCUT2D eigenvalue weighted by Crippen LogP contribution is 2.28. The molecule has 0 saturated carbocycles. The van der Waals surface area contributed by atoms with Gasteiger partial charge >= 0.3 is 0 Å². The summed E-state index contributed by atoms with van der Waals surface area (Å²) in [6.07, 6.45) is 0.612. The van der Waals surface area contributed by atoms with Crippen LogP contribution < -0.4 is 5.32 Å². The molecule has 0 heterocycles. The van der Waals surface area contributed by atoms with Crippen molar-refractivity contribution in [1.82, 2.24) is 0 Å². The normalized spacial score (nSPS) is 13.4. The Morgan fingerprint density at radius 3 is 2.72 bits per heavy atom. The lowest BCUT2D eigenvalue weighted by Gasteiger charge is -2.28. The summed E-state index contributed by atoms with van der Waals surface area (Å²) in [6, 6.07) is 6.07. The second-order valence-electron chi connectivity index (χ2n) is 4.30. The number of hydrogen-bond acceptors (Lipinski definition) is 5. The van der Waals surface area contributed by atoms with Crippen LogP contribution >= 0.6 is 0 Å². The van der Waals surface area contributed by atoms with Gasteiger partial charge in [-0.3, -0.25) is 10.1 Å². The van der Waals surface area contributed by atoms with Gasteiger partial charge in [0.05, 0.1) is 28.7 Å². The van der Waals surface area contributed by atoms with E-state index in [0.29, 0.717) is 12.1 Å². The predicted molar refractivity (Wildman–Crippen MR) is 67.2 cm³/mol. The van der Waals surface area contributed by atoms with Crippen molar-refractivity contribution in [1.29, 1.82) is 5.26 Å².